The maximum Gasteiger partial charge on any atom is 0.416 e. The van der Waals surface area contributed by atoms with Gasteiger partial charge in [-0.15, -0.1) is 0 Å². The van der Waals surface area contributed by atoms with Crippen molar-refractivity contribution in [3.8, 4) is 0 Å². The zero-order valence-electron chi connectivity index (χ0n) is 19.9. The van der Waals surface area contributed by atoms with Gasteiger partial charge in [0, 0.05) is 31.0 Å². The molecule has 2 saturated heterocycles. The Balaban J connectivity index is 1.53. The summed E-state index contributed by atoms with van der Waals surface area (Å²) in [5.74, 6) is -7.65. The molecule has 15 heteroatoms. The second-order valence-corrected chi connectivity index (χ2v) is 9.50. The predicted molar refractivity (Wildman–Crippen MR) is 121 cm³/mol. The first-order chi connectivity index (χ1) is 17.7. The molecule has 0 unspecified atom stereocenters. The molecule has 2 aliphatic rings. The normalized spacial score (nSPS) is 24.0. The van der Waals surface area contributed by atoms with Crippen molar-refractivity contribution < 1.29 is 40.6 Å². The lowest BCUT2D eigenvalue weighted by molar-refractivity contribution is -0.137. The number of alkyl halides is 5. The Kier molecular flexibility index (Phi) is 7.70. The molecular weight excluding hydrogens is 525 g/mol. The molecule has 4 N–H and O–H groups in total. The fraction of sp³-hybridized carbons (Fsp3) is 0.522. The predicted octanol–water partition coefficient (Wildman–Crippen LogP) is 2.94. The fourth-order valence-electron chi connectivity index (χ4n) is 4.85. The number of benzene rings is 1. The number of aromatic nitrogens is 2. The first-order valence-electron chi connectivity index (χ1n) is 11.7. The number of likely N-dealkylation sites (tertiary alicyclic amines) is 1. The third kappa shape index (κ3) is 6.09. The van der Waals surface area contributed by atoms with Crippen molar-refractivity contribution in [2.45, 2.75) is 37.1 Å². The van der Waals surface area contributed by atoms with Gasteiger partial charge in [0.15, 0.2) is 11.6 Å². The maximum atomic E-state index is 15.4. The van der Waals surface area contributed by atoms with E-state index in [1.54, 1.807) is 4.90 Å². The highest BCUT2D eigenvalue weighted by molar-refractivity contribution is 5.75. The van der Waals surface area contributed by atoms with Gasteiger partial charge in [0.05, 0.1) is 30.8 Å². The number of piperidine rings is 1. The molecule has 4 rings (SSSR count). The number of rotatable bonds is 7. The van der Waals surface area contributed by atoms with E-state index in [0.717, 1.165) is 17.3 Å². The summed E-state index contributed by atoms with van der Waals surface area (Å²) in [5, 5.41) is 13.1. The number of aliphatic hydroxyl groups is 1. The van der Waals surface area contributed by atoms with Gasteiger partial charge in [-0.05, 0) is 25.1 Å². The van der Waals surface area contributed by atoms with Crippen LogP contribution in [0.15, 0.2) is 24.5 Å². The van der Waals surface area contributed by atoms with E-state index in [0.29, 0.717) is 19.0 Å². The summed E-state index contributed by atoms with van der Waals surface area (Å²) in [6.07, 6.45) is -5.27. The van der Waals surface area contributed by atoms with Gasteiger partial charge in [-0.3, -0.25) is 9.69 Å². The third-order valence-corrected chi connectivity index (χ3v) is 6.72. The smallest absolute Gasteiger partial charge is 0.391 e. The van der Waals surface area contributed by atoms with Crippen molar-refractivity contribution in [1.82, 2.24) is 14.9 Å². The lowest BCUT2D eigenvalue weighted by Crippen LogP contribution is -2.48. The van der Waals surface area contributed by atoms with E-state index >= 15 is 4.39 Å². The SMILES string of the molecule is NC(=O)CN1CC[C@H](CNc2ncnc(N3CC(F)(F)C[C@@H]3c3ccc(C(F)(F)F)cc3F)c2F)[C@@H](O)C1. The van der Waals surface area contributed by atoms with E-state index in [-0.39, 0.29) is 37.4 Å². The second kappa shape index (κ2) is 10.5. The summed E-state index contributed by atoms with van der Waals surface area (Å²) in [6.45, 7) is -0.347. The van der Waals surface area contributed by atoms with Crippen molar-refractivity contribution in [2.24, 2.45) is 11.7 Å². The molecule has 2 fully saturated rings. The molecule has 2 aromatic rings. The lowest BCUT2D eigenvalue weighted by Gasteiger charge is -2.35. The molecule has 0 radical (unpaired) electrons. The minimum absolute atomic E-state index is 0.0116. The van der Waals surface area contributed by atoms with Crippen molar-refractivity contribution in [3.63, 3.8) is 0 Å². The molecule has 1 aromatic heterocycles. The van der Waals surface area contributed by atoms with Crippen LogP contribution in [0, 0.1) is 17.6 Å². The highest BCUT2D eigenvalue weighted by atomic mass is 19.4. The number of nitrogens with one attached hydrogen (secondary N) is 1. The monoisotopic (exact) mass is 550 g/mol. The van der Waals surface area contributed by atoms with Gasteiger partial charge in [-0.2, -0.15) is 17.6 Å². The second-order valence-electron chi connectivity index (χ2n) is 9.50. The fourth-order valence-corrected chi connectivity index (χ4v) is 4.85. The van der Waals surface area contributed by atoms with Crippen molar-refractivity contribution in [1.29, 1.82) is 0 Å². The molecule has 0 bridgehead atoms. The van der Waals surface area contributed by atoms with Crippen LogP contribution in [0.1, 0.15) is 30.0 Å². The Morgan fingerprint density at radius 1 is 1.24 bits per heavy atom. The van der Waals surface area contributed by atoms with E-state index in [2.05, 4.69) is 15.3 Å². The third-order valence-electron chi connectivity index (χ3n) is 6.72. The highest BCUT2D eigenvalue weighted by Gasteiger charge is 2.48. The largest absolute Gasteiger partial charge is 0.416 e. The Morgan fingerprint density at radius 2 is 1.97 bits per heavy atom. The number of primary amides is 1. The van der Waals surface area contributed by atoms with Crippen molar-refractivity contribution >= 4 is 17.5 Å². The number of halogens is 7. The quantitative estimate of drug-likeness (QED) is 0.455. The van der Waals surface area contributed by atoms with Crippen LogP contribution in [-0.2, 0) is 11.0 Å². The number of carbonyl (C=O) groups excluding carboxylic acids is 1. The molecule has 38 heavy (non-hydrogen) atoms. The number of hydrogen-bond donors (Lipinski definition) is 3. The summed E-state index contributed by atoms with van der Waals surface area (Å²) in [5.41, 5.74) is 3.44. The minimum Gasteiger partial charge on any atom is -0.391 e. The summed E-state index contributed by atoms with van der Waals surface area (Å²) >= 11 is 0. The molecule has 0 spiro atoms. The number of carbonyl (C=O) groups is 1. The molecule has 1 amide bonds. The first kappa shape index (κ1) is 27.8. The minimum atomic E-state index is -4.83. The molecule has 208 valence electrons. The molecule has 3 atom stereocenters. The number of nitrogens with two attached hydrogens (primary N) is 1. The van der Waals surface area contributed by atoms with Crippen LogP contribution in [0.3, 0.4) is 0 Å². The van der Waals surface area contributed by atoms with Crippen LogP contribution < -0.4 is 16.0 Å². The average molecular weight is 550 g/mol. The summed E-state index contributed by atoms with van der Waals surface area (Å²) in [4.78, 5) is 21.1. The summed E-state index contributed by atoms with van der Waals surface area (Å²) in [6, 6.07) is 0.0755. The molecule has 0 saturated carbocycles. The standard InChI is InChI=1S/C23H25F7N6O2/c24-15-5-13(23(28,29)30)1-2-14(15)16-6-22(26,27)10-36(16)21-19(25)20(33-11-34-21)32-7-12-3-4-35(8-17(12)37)9-18(31)38/h1-2,5,11-12,16-17,37H,3-4,6-10H2,(H2,31,38)(H,32,33,34)/t12-,16-,17+/m1/s1. The average Bonchev–Trinajstić information content (AvgIpc) is 3.13. The van der Waals surface area contributed by atoms with Gasteiger partial charge in [-0.1, -0.05) is 6.07 Å². The van der Waals surface area contributed by atoms with Crippen LogP contribution in [0.5, 0.6) is 0 Å². The number of nitrogens with zero attached hydrogens (tertiary/aromatic N) is 4. The molecule has 0 aliphatic carbocycles. The van der Waals surface area contributed by atoms with E-state index in [4.69, 9.17) is 5.73 Å². The Hall–Kier alpha value is -3.20. The van der Waals surface area contributed by atoms with Crippen LogP contribution in [0.25, 0.3) is 0 Å². The lowest BCUT2D eigenvalue weighted by atomic mass is 9.93. The number of aliphatic hydroxyl groups excluding tert-OH is 1. The number of β-amino-alcohol motifs (C(OH)–C–C–N with tert-alkyl or cyclic N) is 1. The summed E-state index contributed by atoms with van der Waals surface area (Å²) in [7, 11) is 0. The van der Waals surface area contributed by atoms with Crippen molar-refractivity contribution in [3.05, 3.63) is 47.3 Å². The first-order valence-corrected chi connectivity index (χ1v) is 11.7. The molecule has 3 heterocycles. The number of amides is 1. The Bertz CT molecular complexity index is 1180. The van der Waals surface area contributed by atoms with Gasteiger partial charge in [-0.25, -0.2) is 23.1 Å². The zero-order valence-corrected chi connectivity index (χ0v) is 19.9. The van der Waals surface area contributed by atoms with E-state index < -0.39 is 71.7 Å². The van der Waals surface area contributed by atoms with Crippen molar-refractivity contribution in [2.75, 3.05) is 42.9 Å². The number of anilines is 2. The van der Waals surface area contributed by atoms with Crippen LogP contribution in [-0.4, -0.2) is 70.6 Å². The van der Waals surface area contributed by atoms with Crippen LogP contribution >= 0.6 is 0 Å². The maximum absolute atomic E-state index is 15.4. The van der Waals surface area contributed by atoms with Crippen LogP contribution in [0.2, 0.25) is 0 Å². The van der Waals surface area contributed by atoms with Gasteiger partial charge >= 0.3 is 6.18 Å². The summed E-state index contributed by atoms with van der Waals surface area (Å²) < 4.78 is 97.7. The topological polar surface area (TPSA) is 108 Å². The van der Waals surface area contributed by atoms with Gasteiger partial charge in [0.1, 0.15) is 12.1 Å². The zero-order chi connectivity index (χ0) is 27.8. The van der Waals surface area contributed by atoms with E-state index in [9.17, 15) is 36.2 Å². The van der Waals surface area contributed by atoms with Gasteiger partial charge in [0.2, 0.25) is 11.7 Å². The number of hydrogen-bond acceptors (Lipinski definition) is 7. The molecule has 8 nitrogen and oxygen atoms in total. The van der Waals surface area contributed by atoms with Gasteiger partial charge < -0.3 is 21.1 Å². The highest BCUT2D eigenvalue weighted by Crippen LogP contribution is 2.45. The van der Waals surface area contributed by atoms with E-state index in [1.165, 1.54) is 0 Å². The van der Waals surface area contributed by atoms with E-state index in [1.807, 2.05) is 0 Å². The van der Waals surface area contributed by atoms with Gasteiger partial charge in [0.25, 0.3) is 5.92 Å². The van der Waals surface area contributed by atoms with Crippen LogP contribution in [0.4, 0.5) is 42.4 Å². The molecule has 2 aliphatic heterocycles. The molecular formula is C23H25F7N6O2. The Morgan fingerprint density at radius 3 is 2.61 bits per heavy atom. The Labute approximate surface area is 212 Å². The molecule has 1 aromatic carbocycles.